The number of rotatable bonds is 4. The number of nitrogens with zero attached hydrogens (tertiary/aromatic N) is 4. The van der Waals surface area contributed by atoms with Crippen molar-refractivity contribution < 1.29 is 9.53 Å². The SMILES string of the molecule is CCCc1cnc(C)nc1N1CCN2C(=O)OCC2(CC)C1. The quantitative estimate of drug-likeness (QED) is 0.853. The molecule has 0 aromatic carbocycles. The number of aryl methyl sites for hydroxylation is 2. The molecule has 1 aromatic heterocycles. The van der Waals surface area contributed by atoms with Gasteiger partial charge in [0.05, 0.1) is 5.54 Å². The van der Waals surface area contributed by atoms with Gasteiger partial charge < -0.3 is 9.64 Å². The number of carbonyl (C=O) groups excluding carboxylic acids is 1. The van der Waals surface area contributed by atoms with E-state index in [1.807, 2.05) is 18.0 Å². The van der Waals surface area contributed by atoms with Crippen LogP contribution in [0, 0.1) is 6.92 Å². The van der Waals surface area contributed by atoms with Crippen LogP contribution in [-0.4, -0.2) is 52.7 Å². The molecule has 3 heterocycles. The molecule has 0 saturated carbocycles. The van der Waals surface area contributed by atoms with Crippen molar-refractivity contribution >= 4 is 11.9 Å². The second-order valence-electron chi connectivity index (χ2n) is 6.22. The molecule has 1 aromatic rings. The molecule has 6 heteroatoms. The summed E-state index contributed by atoms with van der Waals surface area (Å²) in [5, 5.41) is 0. The fourth-order valence-electron chi connectivity index (χ4n) is 3.45. The number of ether oxygens (including phenoxy) is 1. The van der Waals surface area contributed by atoms with Crippen LogP contribution in [0.15, 0.2) is 6.20 Å². The Morgan fingerprint density at radius 1 is 1.36 bits per heavy atom. The average molecular weight is 304 g/mol. The van der Waals surface area contributed by atoms with E-state index >= 15 is 0 Å². The lowest BCUT2D eigenvalue weighted by Crippen LogP contribution is -2.61. The van der Waals surface area contributed by atoms with Gasteiger partial charge in [-0.2, -0.15) is 0 Å². The highest BCUT2D eigenvalue weighted by molar-refractivity contribution is 5.72. The van der Waals surface area contributed by atoms with E-state index in [4.69, 9.17) is 4.74 Å². The predicted molar refractivity (Wildman–Crippen MR) is 84.1 cm³/mol. The van der Waals surface area contributed by atoms with Gasteiger partial charge in [0.2, 0.25) is 0 Å². The van der Waals surface area contributed by atoms with Crippen molar-refractivity contribution in [1.29, 1.82) is 0 Å². The van der Waals surface area contributed by atoms with Gasteiger partial charge in [-0.15, -0.1) is 0 Å². The van der Waals surface area contributed by atoms with Crippen LogP contribution in [0.4, 0.5) is 10.6 Å². The second-order valence-corrected chi connectivity index (χ2v) is 6.22. The number of aromatic nitrogens is 2. The Hall–Kier alpha value is -1.85. The Labute approximate surface area is 131 Å². The lowest BCUT2D eigenvalue weighted by atomic mass is 9.92. The molecule has 0 N–H and O–H groups in total. The highest BCUT2D eigenvalue weighted by Crippen LogP contribution is 2.34. The Morgan fingerprint density at radius 3 is 2.91 bits per heavy atom. The minimum atomic E-state index is -0.211. The van der Waals surface area contributed by atoms with Crippen molar-refractivity contribution in [3.8, 4) is 0 Å². The summed E-state index contributed by atoms with van der Waals surface area (Å²) in [4.78, 5) is 25.1. The second kappa shape index (κ2) is 5.74. The van der Waals surface area contributed by atoms with Crippen LogP contribution in [0.5, 0.6) is 0 Å². The number of anilines is 1. The molecule has 1 unspecified atom stereocenters. The van der Waals surface area contributed by atoms with E-state index in [-0.39, 0.29) is 11.6 Å². The molecule has 2 saturated heterocycles. The Bertz CT molecular complexity index is 577. The summed E-state index contributed by atoms with van der Waals surface area (Å²) in [6, 6.07) is 0. The molecule has 1 atom stereocenters. The third-order valence-electron chi connectivity index (χ3n) is 4.78. The maximum atomic E-state index is 11.9. The number of cyclic esters (lactones) is 1. The molecule has 0 spiro atoms. The Morgan fingerprint density at radius 2 is 2.18 bits per heavy atom. The van der Waals surface area contributed by atoms with Crippen LogP contribution in [0.3, 0.4) is 0 Å². The molecule has 120 valence electrons. The molecular weight excluding hydrogens is 280 g/mol. The predicted octanol–water partition coefficient (Wildman–Crippen LogP) is 2.16. The van der Waals surface area contributed by atoms with Gasteiger partial charge in [0.15, 0.2) is 0 Å². The van der Waals surface area contributed by atoms with E-state index < -0.39 is 0 Å². The van der Waals surface area contributed by atoms with E-state index in [0.717, 1.165) is 44.0 Å². The average Bonchev–Trinajstić information content (AvgIpc) is 2.86. The van der Waals surface area contributed by atoms with E-state index in [2.05, 4.69) is 28.7 Å². The van der Waals surface area contributed by atoms with Crippen molar-refractivity contribution in [3.05, 3.63) is 17.6 Å². The fourth-order valence-corrected chi connectivity index (χ4v) is 3.45. The van der Waals surface area contributed by atoms with E-state index in [1.165, 1.54) is 5.56 Å². The molecule has 6 nitrogen and oxygen atoms in total. The van der Waals surface area contributed by atoms with Crippen molar-refractivity contribution in [2.75, 3.05) is 31.1 Å². The van der Waals surface area contributed by atoms with Crippen molar-refractivity contribution in [3.63, 3.8) is 0 Å². The molecule has 2 fully saturated rings. The van der Waals surface area contributed by atoms with Crippen LogP contribution in [-0.2, 0) is 11.2 Å². The van der Waals surface area contributed by atoms with Crippen LogP contribution < -0.4 is 4.90 Å². The van der Waals surface area contributed by atoms with Gasteiger partial charge in [0, 0.05) is 31.4 Å². The molecule has 0 aliphatic carbocycles. The number of hydrogen-bond acceptors (Lipinski definition) is 5. The third kappa shape index (κ3) is 2.40. The van der Waals surface area contributed by atoms with Gasteiger partial charge in [0.25, 0.3) is 0 Å². The summed E-state index contributed by atoms with van der Waals surface area (Å²) >= 11 is 0. The van der Waals surface area contributed by atoms with Gasteiger partial charge in [-0.3, -0.25) is 4.90 Å². The van der Waals surface area contributed by atoms with Crippen molar-refractivity contribution in [2.45, 2.75) is 45.6 Å². The maximum absolute atomic E-state index is 11.9. The molecule has 2 aliphatic rings. The molecule has 0 bridgehead atoms. The third-order valence-corrected chi connectivity index (χ3v) is 4.78. The van der Waals surface area contributed by atoms with Crippen LogP contribution in [0.2, 0.25) is 0 Å². The van der Waals surface area contributed by atoms with Gasteiger partial charge in [-0.05, 0) is 19.8 Å². The number of fused-ring (bicyclic) bond motifs is 1. The Balaban J connectivity index is 1.91. The van der Waals surface area contributed by atoms with Gasteiger partial charge in [-0.1, -0.05) is 20.3 Å². The molecule has 1 amide bonds. The van der Waals surface area contributed by atoms with Crippen LogP contribution in [0.25, 0.3) is 0 Å². The van der Waals surface area contributed by atoms with E-state index in [1.54, 1.807) is 0 Å². The topological polar surface area (TPSA) is 58.6 Å². The van der Waals surface area contributed by atoms with E-state index in [9.17, 15) is 4.79 Å². The zero-order valence-electron chi connectivity index (χ0n) is 13.6. The highest BCUT2D eigenvalue weighted by atomic mass is 16.6. The zero-order valence-corrected chi connectivity index (χ0v) is 13.6. The minimum absolute atomic E-state index is 0.172. The largest absolute Gasteiger partial charge is 0.447 e. The first-order valence-corrected chi connectivity index (χ1v) is 8.11. The summed E-state index contributed by atoms with van der Waals surface area (Å²) in [5.41, 5.74) is 0.982. The monoisotopic (exact) mass is 304 g/mol. The van der Waals surface area contributed by atoms with Crippen LogP contribution in [0.1, 0.15) is 38.1 Å². The van der Waals surface area contributed by atoms with Crippen molar-refractivity contribution in [2.24, 2.45) is 0 Å². The van der Waals surface area contributed by atoms with Gasteiger partial charge in [-0.25, -0.2) is 14.8 Å². The molecular formula is C16H24N4O2. The normalized spacial score (nSPS) is 24.4. The summed E-state index contributed by atoms with van der Waals surface area (Å²) in [7, 11) is 0. The highest BCUT2D eigenvalue weighted by Gasteiger charge is 2.49. The zero-order chi connectivity index (χ0) is 15.7. The van der Waals surface area contributed by atoms with Gasteiger partial charge in [0.1, 0.15) is 18.2 Å². The summed E-state index contributed by atoms with van der Waals surface area (Å²) in [6.45, 7) is 8.96. The molecule has 3 rings (SSSR count). The number of carbonyl (C=O) groups is 1. The first-order chi connectivity index (χ1) is 10.6. The summed E-state index contributed by atoms with van der Waals surface area (Å²) < 4.78 is 5.31. The first kappa shape index (κ1) is 15.1. The fraction of sp³-hybridized carbons (Fsp3) is 0.688. The van der Waals surface area contributed by atoms with Gasteiger partial charge >= 0.3 is 6.09 Å². The smallest absolute Gasteiger partial charge is 0.410 e. The summed E-state index contributed by atoms with van der Waals surface area (Å²) in [6.07, 6.45) is 4.71. The molecule has 22 heavy (non-hydrogen) atoms. The molecule has 0 radical (unpaired) electrons. The lowest BCUT2D eigenvalue weighted by Gasteiger charge is -2.45. The number of hydrogen-bond donors (Lipinski definition) is 0. The Kier molecular flexibility index (Phi) is 3.93. The van der Waals surface area contributed by atoms with Crippen LogP contribution >= 0.6 is 0 Å². The lowest BCUT2D eigenvalue weighted by molar-refractivity contribution is 0.137. The minimum Gasteiger partial charge on any atom is -0.447 e. The number of amides is 1. The summed E-state index contributed by atoms with van der Waals surface area (Å²) in [5.74, 6) is 1.82. The molecule has 2 aliphatic heterocycles. The van der Waals surface area contributed by atoms with Crippen molar-refractivity contribution in [1.82, 2.24) is 14.9 Å². The first-order valence-electron chi connectivity index (χ1n) is 8.11. The maximum Gasteiger partial charge on any atom is 0.410 e. The number of piperazine rings is 1. The standard InChI is InChI=1S/C16H24N4O2/c1-4-6-13-9-17-12(3)18-14(13)19-7-8-20-15(21)22-11-16(20,5-2)10-19/h9H,4-8,10-11H2,1-3H3. The van der Waals surface area contributed by atoms with E-state index in [0.29, 0.717) is 13.2 Å².